The lowest BCUT2D eigenvalue weighted by molar-refractivity contribution is -0.141. The van der Waals surface area contributed by atoms with Crippen LogP contribution in [0, 0.1) is 5.92 Å². The maximum atomic E-state index is 13.1. The fourth-order valence-corrected chi connectivity index (χ4v) is 4.11. The summed E-state index contributed by atoms with van der Waals surface area (Å²) >= 11 is 0. The van der Waals surface area contributed by atoms with Crippen molar-refractivity contribution in [2.24, 2.45) is 5.92 Å². The largest absolute Gasteiger partial charge is 0.434 e. The molecule has 8 nitrogen and oxygen atoms in total. The van der Waals surface area contributed by atoms with Crippen molar-refractivity contribution in [2.45, 2.75) is 25.4 Å². The fraction of sp³-hybridized carbons (Fsp3) is 0.350. The van der Waals surface area contributed by atoms with Gasteiger partial charge in [0, 0.05) is 37.6 Å². The minimum atomic E-state index is -4.55. The Kier molecular flexibility index (Phi) is 4.60. The van der Waals surface area contributed by atoms with E-state index in [1.54, 1.807) is 6.20 Å². The van der Waals surface area contributed by atoms with Crippen LogP contribution in [0.25, 0.3) is 17.2 Å². The number of imidazole rings is 1. The molecule has 0 aromatic carbocycles. The maximum Gasteiger partial charge on any atom is 0.434 e. The van der Waals surface area contributed by atoms with Gasteiger partial charge in [-0.25, -0.2) is 19.9 Å². The Bertz CT molecular complexity index is 1200. The van der Waals surface area contributed by atoms with Crippen LogP contribution in [-0.2, 0) is 6.18 Å². The molecule has 4 aromatic rings. The van der Waals surface area contributed by atoms with Gasteiger partial charge in [0.05, 0.1) is 18.6 Å². The number of piperidine rings is 1. The Morgan fingerprint density at radius 1 is 1.10 bits per heavy atom. The SMILES string of the molecule is C[C@H]1C[C@@H](c2cn[nH]c2)CN(c2ccnc(-c3cnc4cnc(C(F)(F)F)cn34)n2)C1. The molecule has 1 aliphatic rings. The fourth-order valence-electron chi connectivity index (χ4n) is 4.11. The number of nitrogens with one attached hydrogen (secondary N) is 1. The van der Waals surface area contributed by atoms with E-state index >= 15 is 0 Å². The molecule has 1 aliphatic heterocycles. The second-order valence-electron chi connectivity index (χ2n) is 7.85. The van der Waals surface area contributed by atoms with Crippen molar-refractivity contribution < 1.29 is 13.2 Å². The molecular formula is C20H19F3N8. The number of aromatic amines is 1. The van der Waals surface area contributed by atoms with E-state index in [4.69, 9.17) is 0 Å². The molecule has 0 saturated carbocycles. The molecule has 0 unspecified atom stereocenters. The molecule has 1 saturated heterocycles. The van der Waals surface area contributed by atoms with Gasteiger partial charge in [-0.2, -0.15) is 18.3 Å². The third kappa shape index (κ3) is 3.71. The van der Waals surface area contributed by atoms with E-state index in [0.717, 1.165) is 43.3 Å². The topological polar surface area (TPSA) is 87.9 Å². The van der Waals surface area contributed by atoms with Crippen molar-refractivity contribution in [3.63, 3.8) is 0 Å². The van der Waals surface area contributed by atoms with Crippen molar-refractivity contribution in [2.75, 3.05) is 18.0 Å². The number of hydrogen-bond acceptors (Lipinski definition) is 6. The third-order valence-corrected chi connectivity index (χ3v) is 5.53. The van der Waals surface area contributed by atoms with Gasteiger partial charge >= 0.3 is 6.18 Å². The first-order valence-electron chi connectivity index (χ1n) is 9.86. The lowest BCUT2D eigenvalue weighted by atomic mass is 9.87. The third-order valence-electron chi connectivity index (χ3n) is 5.53. The summed E-state index contributed by atoms with van der Waals surface area (Å²) in [6.45, 7) is 3.80. The molecule has 31 heavy (non-hydrogen) atoms. The Morgan fingerprint density at radius 2 is 1.97 bits per heavy atom. The first-order chi connectivity index (χ1) is 14.9. The number of alkyl halides is 3. The average molecular weight is 428 g/mol. The summed E-state index contributed by atoms with van der Waals surface area (Å²) in [5.74, 6) is 1.80. The van der Waals surface area contributed by atoms with Crippen molar-refractivity contribution in [1.29, 1.82) is 0 Å². The van der Waals surface area contributed by atoms with E-state index in [9.17, 15) is 13.2 Å². The molecule has 5 rings (SSSR count). The Hall–Kier alpha value is -3.50. The summed E-state index contributed by atoms with van der Waals surface area (Å²) in [6.07, 6.45) is 5.36. The quantitative estimate of drug-likeness (QED) is 0.537. The van der Waals surface area contributed by atoms with E-state index in [0.29, 0.717) is 29.0 Å². The molecule has 0 radical (unpaired) electrons. The highest BCUT2D eigenvalue weighted by Gasteiger charge is 2.33. The highest BCUT2D eigenvalue weighted by molar-refractivity contribution is 5.58. The molecular weight excluding hydrogens is 409 g/mol. The van der Waals surface area contributed by atoms with Gasteiger partial charge in [0.2, 0.25) is 0 Å². The molecule has 0 spiro atoms. The van der Waals surface area contributed by atoms with Crippen molar-refractivity contribution in [3.8, 4) is 11.5 Å². The summed E-state index contributed by atoms with van der Waals surface area (Å²) in [5, 5.41) is 6.92. The van der Waals surface area contributed by atoms with Crippen LogP contribution in [0.5, 0.6) is 0 Å². The summed E-state index contributed by atoms with van der Waals surface area (Å²) in [5.41, 5.74) is 0.827. The van der Waals surface area contributed by atoms with Crippen LogP contribution in [0.3, 0.4) is 0 Å². The van der Waals surface area contributed by atoms with Crippen molar-refractivity contribution in [3.05, 3.63) is 54.5 Å². The van der Waals surface area contributed by atoms with Crippen LogP contribution in [0.15, 0.2) is 43.2 Å². The van der Waals surface area contributed by atoms with Crippen LogP contribution in [0.4, 0.5) is 19.0 Å². The summed E-state index contributed by atoms with van der Waals surface area (Å²) in [6, 6.07) is 1.82. The highest BCUT2D eigenvalue weighted by atomic mass is 19.4. The van der Waals surface area contributed by atoms with Crippen LogP contribution in [-0.4, -0.2) is 47.6 Å². The first-order valence-corrected chi connectivity index (χ1v) is 9.86. The van der Waals surface area contributed by atoms with Gasteiger partial charge in [0.1, 0.15) is 11.5 Å². The highest BCUT2D eigenvalue weighted by Crippen LogP contribution is 2.32. The molecule has 0 aliphatic carbocycles. The number of H-pyrrole nitrogens is 1. The Labute approximate surface area is 175 Å². The van der Waals surface area contributed by atoms with E-state index in [-0.39, 0.29) is 0 Å². The number of fused-ring (bicyclic) bond motifs is 1. The lowest BCUT2D eigenvalue weighted by Gasteiger charge is -2.37. The smallest absolute Gasteiger partial charge is 0.356 e. The number of halogens is 3. The first kappa shape index (κ1) is 19.5. The Morgan fingerprint density at radius 3 is 2.74 bits per heavy atom. The summed E-state index contributed by atoms with van der Waals surface area (Å²) in [7, 11) is 0. The minimum absolute atomic E-state index is 0.295. The van der Waals surface area contributed by atoms with Gasteiger partial charge in [-0.15, -0.1) is 0 Å². The number of anilines is 1. The molecule has 11 heteroatoms. The van der Waals surface area contributed by atoms with Crippen molar-refractivity contribution >= 4 is 11.5 Å². The number of rotatable bonds is 3. The van der Waals surface area contributed by atoms with Gasteiger partial charge in [-0.05, 0) is 24.0 Å². The summed E-state index contributed by atoms with van der Waals surface area (Å²) < 4.78 is 40.7. The number of hydrogen-bond donors (Lipinski definition) is 1. The average Bonchev–Trinajstić information content (AvgIpc) is 3.42. The minimum Gasteiger partial charge on any atom is -0.356 e. The van der Waals surface area contributed by atoms with E-state index in [1.807, 2.05) is 18.5 Å². The molecule has 1 fully saturated rings. The molecule has 0 amide bonds. The molecule has 4 aromatic heterocycles. The molecule has 2 atom stereocenters. The van der Waals surface area contributed by atoms with E-state index in [1.165, 1.54) is 10.6 Å². The standard InChI is InChI=1S/C20H19F3N8/c1-12-4-13(14-5-27-28-6-14)10-30(9-12)17-2-3-24-19(29-17)15-7-26-18-8-25-16(11-31(15)18)20(21,22)23/h2-3,5-8,11-13H,4,9-10H2,1H3,(H,27,28)/t12-,13+/m0/s1. The van der Waals surface area contributed by atoms with E-state index < -0.39 is 11.9 Å². The van der Waals surface area contributed by atoms with Crippen LogP contribution < -0.4 is 4.90 Å². The summed E-state index contributed by atoms with van der Waals surface area (Å²) in [4.78, 5) is 18.7. The zero-order valence-electron chi connectivity index (χ0n) is 16.6. The van der Waals surface area contributed by atoms with Gasteiger partial charge in [0.25, 0.3) is 0 Å². The number of nitrogens with zero attached hydrogens (tertiary/aromatic N) is 7. The number of aromatic nitrogens is 7. The molecule has 160 valence electrons. The van der Waals surface area contributed by atoms with Crippen molar-refractivity contribution in [1.82, 2.24) is 34.5 Å². The molecule has 1 N–H and O–H groups in total. The predicted molar refractivity (Wildman–Crippen MR) is 106 cm³/mol. The zero-order chi connectivity index (χ0) is 21.6. The Balaban J connectivity index is 1.49. The van der Waals surface area contributed by atoms with Crippen LogP contribution in [0.1, 0.15) is 30.5 Å². The molecule has 0 bridgehead atoms. The molecule has 5 heterocycles. The van der Waals surface area contributed by atoms with Gasteiger partial charge in [-0.1, -0.05) is 6.92 Å². The lowest BCUT2D eigenvalue weighted by Crippen LogP contribution is -2.39. The monoisotopic (exact) mass is 428 g/mol. The van der Waals surface area contributed by atoms with Crippen LogP contribution in [0.2, 0.25) is 0 Å². The van der Waals surface area contributed by atoms with Gasteiger partial charge in [0.15, 0.2) is 17.2 Å². The maximum absolute atomic E-state index is 13.1. The second kappa shape index (κ2) is 7.33. The normalized spacial score (nSPS) is 19.8. The van der Waals surface area contributed by atoms with Gasteiger partial charge < -0.3 is 4.90 Å². The second-order valence-corrected chi connectivity index (χ2v) is 7.85. The zero-order valence-corrected chi connectivity index (χ0v) is 16.6. The van der Waals surface area contributed by atoms with E-state index in [2.05, 4.69) is 42.0 Å². The predicted octanol–water partition coefficient (Wildman–Crippen LogP) is 3.56. The van der Waals surface area contributed by atoms with Gasteiger partial charge in [-0.3, -0.25) is 9.50 Å². The van der Waals surface area contributed by atoms with Crippen LogP contribution >= 0.6 is 0 Å².